The third kappa shape index (κ3) is 5.96. The molecule has 0 aliphatic carbocycles. The molecule has 5 heterocycles. The van der Waals surface area contributed by atoms with Crippen LogP contribution in [0.5, 0.6) is 0 Å². The van der Waals surface area contributed by atoms with E-state index in [1.165, 1.54) is 11.3 Å². The van der Waals surface area contributed by atoms with Crippen LogP contribution in [0.3, 0.4) is 0 Å². The first kappa shape index (κ1) is 27.6. The Morgan fingerprint density at radius 3 is 2.48 bits per heavy atom. The number of nitrogens with zero attached hydrogens (tertiary/aromatic N) is 8. The fourth-order valence-corrected chi connectivity index (χ4v) is 5.56. The Morgan fingerprint density at radius 1 is 1.07 bits per heavy atom. The van der Waals surface area contributed by atoms with E-state index in [1.54, 1.807) is 21.5 Å². The molecule has 0 unspecified atom stereocenters. The van der Waals surface area contributed by atoms with Gasteiger partial charge in [-0.1, -0.05) is 0 Å². The molecule has 0 saturated carbocycles. The van der Waals surface area contributed by atoms with Crippen LogP contribution in [0, 0.1) is 6.92 Å². The molecule has 3 aromatic rings. The SMILES string of the molecule is Cc1cc(N2CCN(C(=O)OC(C)(C)C)CC2)ncc1NC(=O)N1CCN(c2nc(N)nc3scnc23)[C@@H](C)C1. The number of aromatic nitrogens is 4. The Balaban J connectivity index is 1.17. The van der Waals surface area contributed by atoms with Crippen molar-refractivity contribution in [3.8, 4) is 0 Å². The number of nitrogens with two attached hydrogens (primary N) is 1. The largest absolute Gasteiger partial charge is 0.444 e. The van der Waals surface area contributed by atoms with Crippen molar-refractivity contribution < 1.29 is 14.3 Å². The minimum atomic E-state index is -0.515. The van der Waals surface area contributed by atoms with Gasteiger partial charge in [0.15, 0.2) is 10.6 Å². The Morgan fingerprint density at radius 2 is 1.80 bits per heavy atom. The van der Waals surface area contributed by atoms with Crippen LogP contribution in [0.1, 0.15) is 33.3 Å². The van der Waals surface area contributed by atoms with Gasteiger partial charge in [0.05, 0.1) is 17.4 Å². The minimum absolute atomic E-state index is 0.0136. The number of ether oxygens (including phenoxy) is 1. The van der Waals surface area contributed by atoms with Crippen LogP contribution in [-0.2, 0) is 4.74 Å². The van der Waals surface area contributed by atoms with E-state index in [4.69, 9.17) is 10.5 Å². The Bertz CT molecular complexity index is 1400. The average molecular weight is 569 g/mol. The van der Waals surface area contributed by atoms with Gasteiger partial charge < -0.3 is 35.4 Å². The van der Waals surface area contributed by atoms with Gasteiger partial charge in [0.1, 0.15) is 16.9 Å². The highest BCUT2D eigenvalue weighted by molar-refractivity contribution is 7.16. The predicted molar refractivity (Wildman–Crippen MR) is 156 cm³/mol. The number of hydrogen-bond acceptors (Lipinski definition) is 11. The third-order valence-corrected chi connectivity index (χ3v) is 7.70. The number of carbonyl (C=O) groups is 2. The topological polar surface area (TPSA) is 146 Å². The van der Waals surface area contributed by atoms with E-state index in [9.17, 15) is 9.59 Å². The van der Waals surface area contributed by atoms with E-state index in [0.717, 1.165) is 21.7 Å². The zero-order valence-electron chi connectivity index (χ0n) is 23.5. The lowest BCUT2D eigenvalue weighted by atomic mass is 10.2. The fraction of sp³-hybridized carbons (Fsp3) is 0.538. The van der Waals surface area contributed by atoms with Crippen LogP contribution in [0.15, 0.2) is 17.8 Å². The molecule has 5 rings (SSSR count). The smallest absolute Gasteiger partial charge is 0.410 e. The zero-order valence-corrected chi connectivity index (χ0v) is 24.4. The summed E-state index contributed by atoms with van der Waals surface area (Å²) >= 11 is 1.43. The predicted octanol–water partition coefficient (Wildman–Crippen LogP) is 3.17. The number of urea groups is 1. The molecule has 3 amide bonds. The van der Waals surface area contributed by atoms with E-state index < -0.39 is 5.60 Å². The molecular formula is C26H36N10O3S. The second-order valence-electron chi connectivity index (χ2n) is 11.1. The number of carbonyl (C=O) groups excluding carboxylic acids is 2. The van der Waals surface area contributed by atoms with Crippen molar-refractivity contribution in [2.75, 3.05) is 66.7 Å². The summed E-state index contributed by atoms with van der Waals surface area (Å²) in [6.45, 7) is 13.7. The Hall–Kier alpha value is -3.94. The lowest BCUT2D eigenvalue weighted by Crippen LogP contribution is -2.55. The first-order chi connectivity index (χ1) is 19.0. The number of anilines is 4. The molecule has 1 atom stereocenters. The van der Waals surface area contributed by atoms with Crippen LogP contribution in [-0.4, -0.2) is 99.3 Å². The lowest BCUT2D eigenvalue weighted by Gasteiger charge is -2.40. The summed E-state index contributed by atoms with van der Waals surface area (Å²) in [4.78, 5) is 51.8. The normalized spacial score (nSPS) is 18.3. The van der Waals surface area contributed by atoms with Crippen molar-refractivity contribution in [1.82, 2.24) is 29.7 Å². The van der Waals surface area contributed by atoms with Crippen molar-refractivity contribution in [3.05, 3.63) is 23.3 Å². The van der Waals surface area contributed by atoms with Crippen LogP contribution in [0.4, 0.5) is 32.9 Å². The Kier molecular flexibility index (Phi) is 7.53. The molecule has 3 N–H and O–H groups in total. The van der Waals surface area contributed by atoms with Crippen molar-refractivity contribution in [3.63, 3.8) is 0 Å². The number of nitrogens with one attached hydrogen (secondary N) is 1. The maximum absolute atomic E-state index is 13.2. The molecule has 0 radical (unpaired) electrons. The quantitative estimate of drug-likeness (QED) is 0.483. The first-order valence-corrected chi connectivity index (χ1v) is 14.3. The van der Waals surface area contributed by atoms with Crippen LogP contribution in [0.2, 0.25) is 0 Å². The summed E-state index contributed by atoms with van der Waals surface area (Å²) < 4.78 is 5.49. The van der Waals surface area contributed by atoms with E-state index in [0.29, 0.717) is 57.3 Å². The maximum Gasteiger partial charge on any atom is 0.410 e. The number of piperazine rings is 2. The summed E-state index contributed by atoms with van der Waals surface area (Å²) in [6.07, 6.45) is 1.41. The van der Waals surface area contributed by atoms with E-state index >= 15 is 0 Å². The van der Waals surface area contributed by atoms with Crippen molar-refractivity contribution >= 4 is 57.1 Å². The number of rotatable bonds is 3. The van der Waals surface area contributed by atoms with E-state index in [-0.39, 0.29) is 24.1 Å². The summed E-state index contributed by atoms with van der Waals surface area (Å²) in [7, 11) is 0. The highest BCUT2D eigenvalue weighted by Crippen LogP contribution is 2.29. The number of nitrogen functional groups attached to an aromatic ring is 1. The summed E-state index contributed by atoms with van der Waals surface area (Å²) in [5, 5.41) is 3.03. The van der Waals surface area contributed by atoms with Crippen molar-refractivity contribution in [1.29, 1.82) is 0 Å². The number of fused-ring (bicyclic) bond motifs is 1. The van der Waals surface area contributed by atoms with Crippen LogP contribution < -0.4 is 20.9 Å². The molecule has 14 heteroatoms. The number of amides is 3. The molecule has 0 spiro atoms. The second-order valence-corrected chi connectivity index (χ2v) is 12.0. The highest BCUT2D eigenvalue weighted by atomic mass is 32.1. The van der Waals surface area contributed by atoms with Gasteiger partial charge in [-0.25, -0.2) is 24.5 Å². The van der Waals surface area contributed by atoms with Gasteiger partial charge in [-0.3, -0.25) is 0 Å². The van der Waals surface area contributed by atoms with Crippen molar-refractivity contribution in [2.45, 2.75) is 46.3 Å². The minimum Gasteiger partial charge on any atom is -0.444 e. The molecule has 214 valence electrons. The summed E-state index contributed by atoms with van der Waals surface area (Å²) in [6, 6.07) is 1.81. The molecule has 40 heavy (non-hydrogen) atoms. The molecule has 2 saturated heterocycles. The van der Waals surface area contributed by atoms with Crippen LogP contribution >= 0.6 is 11.3 Å². The van der Waals surface area contributed by atoms with E-state index in [2.05, 4.69) is 42.0 Å². The van der Waals surface area contributed by atoms with Gasteiger partial charge in [0, 0.05) is 51.9 Å². The van der Waals surface area contributed by atoms with Crippen molar-refractivity contribution in [2.24, 2.45) is 0 Å². The molecule has 0 aromatic carbocycles. The molecule has 0 bridgehead atoms. The monoisotopic (exact) mass is 568 g/mol. The second kappa shape index (κ2) is 10.9. The van der Waals surface area contributed by atoms with Gasteiger partial charge in [-0.05, 0) is 46.2 Å². The average Bonchev–Trinajstić information content (AvgIpc) is 3.37. The van der Waals surface area contributed by atoms with Gasteiger partial charge in [-0.2, -0.15) is 4.98 Å². The maximum atomic E-state index is 13.2. The zero-order chi connectivity index (χ0) is 28.6. The Labute approximate surface area is 237 Å². The number of aryl methyl sites for hydroxylation is 1. The molecule has 13 nitrogen and oxygen atoms in total. The molecule has 2 aliphatic heterocycles. The van der Waals surface area contributed by atoms with Crippen LogP contribution in [0.25, 0.3) is 10.3 Å². The third-order valence-electron chi connectivity index (χ3n) is 6.98. The molecule has 2 fully saturated rings. The number of hydrogen-bond donors (Lipinski definition) is 2. The van der Waals surface area contributed by atoms with Gasteiger partial charge in [0.2, 0.25) is 5.95 Å². The van der Waals surface area contributed by atoms with E-state index in [1.807, 2.05) is 33.8 Å². The summed E-state index contributed by atoms with van der Waals surface area (Å²) in [5.74, 6) is 1.74. The summed E-state index contributed by atoms with van der Waals surface area (Å²) in [5.41, 5.74) is 9.48. The fourth-order valence-electron chi connectivity index (χ4n) is 4.90. The van der Waals surface area contributed by atoms with Gasteiger partial charge >= 0.3 is 12.1 Å². The standard InChI is InChI=1S/C26H36N10O3S/c1-16-12-19(33-6-8-34(9-7-33)25(38)39-26(3,4)5)28-13-18(16)30-24(37)35-10-11-36(17(2)14-35)21-20-22(40-15-29-20)32-23(27)31-21/h12-13,15,17H,6-11,14H2,1-5H3,(H,30,37)(H2,27,31,32)/t17-/m0/s1. The lowest BCUT2D eigenvalue weighted by molar-refractivity contribution is 0.0240. The number of thiazole rings is 1. The molecule has 2 aliphatic rings. The number of pyridine rings is 1. The highest BCUT2D eigenvalue weighted by Gasteiger charge is 2.30. The van der Waals surface area contributed by atoms with Gasteiger partial charge in [0.25, 0.3) is 0 Å². The van der Waals surface area contributed by atoms with Gasteiger partial charge in [-0.15, -0.1) is 11.3 Å². The first-order valence-electron chi connectivity index (χ1n) is 13.4. The molecular weight excluding hydrogens is 532 g/mol. The molecule has 3 aromatic heterocycles.